The Kier molecular flexibility index (Phi) is 15.2. The summed E-state index contributed by atoms with van der Waals surface area (Å²) in [5, 5.41) is 13.1. The number of hydrogen-bond donors (Lipinski definition) is 2. The predicted molar refractivity (Wildman–Crippen MR) is 256 cm³/mol. The van der Waals surface area contributed by atoms with Gasteiger partial charge in [0.05, 0.1) is 52.2 Å². The first-order chi connectivity index (χ1) is 31.6. The summed E-state index contributed by atoms with van der Waals surface area (Å²) in [6, 6.07) is 14.5. The number of hydrogen-bond acceptors (Lipinski definition) is 12. The first-order valence-electron chi connectivity index (χ1n) is 23.5. The van der Waals surface area contributed by atoms with Crippen molar-refractivity contribution < 1.29 is 31.6 Å². The van der Waals surface area contributed by atoms with Gasteiger partial charge in [-0.2, -0.15) is 0 Å². The number of aryl methyl sites for hydroxylation is 4. The van der Waals surface area contributed by atoms with Crippen molar-refractivity contribution in [1.29, 1.82) is 0 Å². The normalized spacial score (nSPS) is 16.9. The van der Waals surface area contributed by atoms with Crippen LogP contribution in [0.4, 0.5) is 10.2 Å². The second kappa shape index (κ2) is 21.0. The molecular formula is C49H62ClFN6O6S2. The second-order valence-electron chi connectivity index (χ2n) is 18.2. The fourth-order valence-electron chi connectivity index (χ4n) is 9.15. The van der Waals surface area contributed by atoms with Crippen LogP contribution in [0.3, 0.4) is 0 Å². The molecule has 350 valence electrons. The number of aromatic nitrogens is 4. The SMILES string of the molecule is Cc1noc(C)c1-c1cc(S(=O)(=O)CC2CCCC2)c2ccc(Cl)nc2c1.Cc1noc(C)c1-c1cc(S(=O)(=O)CC2CCCC2)c2ccc(NCC3CC3)nc2c1.NCC1CC1.[2H]CF. The number of anilines is 1. The van der Waals surface area contributed by atoms with Crippen LogP contribution in [0.5, 0.6) is 0 Å². The Labute approximate surface area is 388 Å². The van der Waals surface area contributed by atoms with E-state index < -0.39 is 26.8 Å². The van der Waals surface area contributed by atoms with E-state index in [4.69, 9.17) is 32.7 Å². The molecule has 0 unspecified atom stereocenters. The molecule has 12 nitrogen and oxygen atoms in total. The van der Waals surface area contributed by atoms with Crippen molar-refractivity contribution in [2.45, 2.75) is 115 Å². The lowest BCUT2D eigenvalue weighted by Gasteiger charge is -2.15. The Hall–Kier alpha value is -4.44. The number of alkyl halides is 1. The van der Waals surface area contributed by atoms with E-state index >= 15 is 0 Å². The van der Waals surface area contributed by atoms with Crippen molar-refractivity contribution in [3.05, 3.63) is 76.6 Å². The molecule has 0 atom stereocenters. The van der Waals surface area contributed by atoms with Crippen LogP contribution in [-0.4, -0.2) is 68.9 Å². The van der Waals surface area contributed by atoms with Gasteiger partial charge in [-0.1, -0.05) is 47.6 Å². The lowest BCUT2D eigenvalue weighted by Crippen LogP contribution is -2.15. The summed E-state index contributed by atoms with van der Waals surface area (Å²) in [7, 11) is -7.91. The first kappa shape index (κ1) is 47.1. The number of nitrogens with one attached hydrogen (secondary N) is 1. The van der Waals surface area contributed by atoms with Crippen LogP contribution in [0.25, 0.3) is 44.1 Å². The number of rotatable bonds is 12. The molecule has 0 saturated heterocycles. The van der Waals surface area contributed by atoms with Gasteiger partial charge in [0.2, 0.25) is 0 Å². The molecule has 6 aromatic rings. The van der Waals surface area contributed by atoms with E-state index in [1.807, 2.05) is 52.0 Å². The molecule has 65 heavy (non-hydrogen) atoms. The predicted octanol–water partition coefficient (Wildman–Crippen LogP) is 11.4. The molecule has 4 heterocycles. The minimum atomic E-state index is -3.46. The summed E-state index contributed by atoms with van der Waals surface area (Å²) in [4.78, 5) is 9.83. The minimum absolute atomic E-state index is 0.176. The number of nitrogens with two attached hydrogens (primary N) is 1. The average Bonchev–Trinajstić information content (AvgIpc) is 4.11. The third-order valence-electron chi connectivity index (χ3n) is 13.0. The van der Waals surface area contributed by atoms with Crippen molar-refractivity contribution in [2.24, 2.45) is 29.4 Å². The second-order valence-corrected chi connectivity index (χ2v) is 22.6. The lowest BCUT2D eigenvalue weighted by atomic mass is 10.0. The number of nitrogens with zero attached hydrogens (tertiary/aromatic N) is 4. The fraction of sp³-hybridized carbons (Fsp3) is 0.510. The highest BCUT2D eigenvalue weighted by molar-refractivity contribution is 7.92. The monoisotopic (exact) mass is 949 g/mol. The number of pyridine rings is 2. The quantitative estimate of drug-likeness (QED) is 0.111. The molecule has 4 saturated carbocycles. The van der Waals surface area contributed by atoms with Gasteiger partial charge in [0.15, 0.2) is 19.7 Å². The van der Waals surface area contributed by atoms with E-state index in [9.17, 15) is 21.2 Å². The highest BCUT2D eigenvalue weighted by Crippen LogP contribution is 2.38. The van der Waals surface area contributed by atoms with E-state index in [2.05, 4.69) is 20.6 Å². The van der Waals surface area contributed by atoms with Crippen LogP contribution in [0.2, 0.25) is 5.15 Å². The van der Waals surface area contributed by atoms with Crippen molar-refractivity contribution in [3.63, 3.8) is 0 Å². The molecule has 10 rings (SSSR count). The van der Waals surface area contributed by atoms with Crippen LogP contribution in [-0.2, 0) is 19.7 Å². The van der Waals surface area contributed by atoms with E-state index in [0.29, 0.717) is 54.0 Å². The van der Waals surface area contributed by atoms with Gasteiger partial charge in [-0.25, -0.2) is 26.8 Å². The summed E-state index contributed by atoms with van der Waals surface area (Å²) >= 11 is 6.07. The fourth-order valence-corrected chi connectivity index (χ4v) is 13.2. The summed E-state index contributed by atoms with van der Waals surface area (Å²) in [5.41, 5.74) is 11.1. The van der Waals surface area contributed by atoms with Crippen LogP contribution in [0.1, 0.15) is 101 Å². The maximum atomic E-state index is 13.5. The summed E-state index contributed by atoms with van der Waals surface area (Å²) in [6.07, 6.45) is 13.7. The molecule has 4 fully saturated rings. The minimum Gasteiger partial charge on any atom is -0.370 e. The first-order valence-corrected chi connectivity index (χ1v) is 26.4. The molecule has 4 aliphatic rings. The van der Waals surface area contributed by atoms with Crippen molar-refractivity contribution in [2.75, 3.05) is 37.1 Å². The van der Waals surface area contributed by atoms with Gasteiger partial charge in [0.1, 0.15) is 22.5 Å². The molecule has 2 aromatic carbocycles. The molecule has 0 spiro atoms. The van der Waals surface area contributed by atoms with E-state index in [0.717, 1.165) is 110 Å². The van der Waals surface area contributed by atoms with Crippen molar-refractivity contribution in [1.82, 2.24) is 20.3 Å². The van der Waals surface area contributed by atoms with Crippen molar-refractivity contribution in [3.8, 4) is 22.3 Å². The molecule has 0 amide bonds. The van der Waals surface area contributed by atoms with Crippen LogP contribution in [0, 0.1) is 51.4 Å². The van der Waals surface area contributed by atoms with E-state index in [1.165, 1.54) is 25.7 Å². The number of benzene rings is 2. The topological polar surface area (TPSA) is 184 Å². The number of sulfone groups is 2. The molecular weight excluding hydrogens is 887 g/mol. The largest absolute Gasteiger partial charge is 0.370 e. The zero-order valence-electron chi connectivity index (χ0n) is 38.8. The van der Waals surface area contributed by atoms with Gasteiger partial charge < -0.3 is 20.1 Å². The Balaban J connectivity index is 0.000000169. The molecule has 0 bridgehead atoms. The maximum Gasteiger partial charge on any atom is 0.179 e. The van der Waals surface area contributed by atoms with Gasteiger partial charge >= 0.3 is 0 Å². The zero-order valence-corrected chi connectivity index (χ0v) is 40.2. The maximum absolute atomic E-state index is 13.5. The van der Waals surface area contributed by atoms with Gasteiger partial charge in [0, 0.05) is 28.4 Å². The number of fused-ring (bicyclic) bond motifs is 2. The highest BCUT2D eigenvalue weighted by atomic mass is 35.5. The van der Waals surface area contributed by atoms with Gasteiger partial charge in [0.25, 0.3) is 0 Å². The zero-order chi connectivity index (χ0) is 47.2. The van der Waals surface area contributed by atoms with Gasteiger partial charge in [-0.3, -0.25) is 4.39 Å². The standard InChI is InChI=1S/C24H29N3O3S.C20H21ClN2O3S.C4H9N.CH3F/c1-15-24(16(2)30-27-15)19-11-21-20(9-10-23(26-21)25-13-17-7-8-17)22(12-19)31(28,29)14-18-5-3-4-6-18;1-12-20(13(2)26-23-12)15-9-17-16(7-8-19(21)22-17)18(10-15)27(24,25)11-14-5-3-4-6-14;5-3-4-1-2-4;1-2/h9-12,17-18H,3-8,13-14H2,1-2H3,(H,25,26);7-10,14H,3-6,11H2,1-2H3;4H,1-3,5H2;1H3/i;;;1D. The Bertz CT molecular complexity index is 2820. The summed E-state index contributed by atoms with van der Waals surface area (Å²) in [6.45, 7) is 9.22. The molecule has 4 aromatic heterocycles. The molecule has 0 aliphatic heterocycles. The van der Waals surface area contributed by atoms with Crippen LogP contribution >= 0.6 is 11.6 Å². The molecule has 0 radical (unpaired) electrons. The summed E-state index contributed by atoms with van der Waals surface area (Å²) in [5.74, 6) is 4.61. The molecule has 4 aliphatic carbocycles. The van der Waals surface area contributed by atoms with Gasteiger partial charge in [-0.05, 0) is 169 Å². The highest BCUT2D eigenvalue weighted by Gasteiger charge is 2.29. The average molecular weight is 951 g/mol. The van der Waals surface area contributed by atoms with E-state index in [1.54, 1.807) is 24.3 Å². The van der Waals surface area contributed by atoms with Gasteiger partial charge in [-0.15, -0.1) is 0 Å². The smallest absolute Gasteiger partial charge is 0.179 e. The van der Waals surface area contributed by atoms with Crippen LogP contribution < -0.4 is 11.1 Å². The van der Waals surface area contributed by atoms with E-state index in [-0.39, 0.29) is 23.3 Å². The van der Waals surface area contributed by atoms with Crippen LogP contribution in [0.15, 0.2) is 67.4 Å². The Morgan fingerprint density at radius 1 is 0.677 bits per heavy atom. The third-order valence-corrected chi connectivity index (χ3v) is 17.0. The number of halogens is 2. The lowest BCUT2D eigenvalue weighted by molar-refractivity contribution is 0.393. The molecule has 16 heteroatoms. The summed E-state index contributed by atoms with van der Waals surface area (Å²) < 4.78 is 79.7. The Morgan fingerprint density at radius 3 is 1.52 bits per heavy atom. The van der Waals surface area contributed by atoms with Crippen molar-refractivity contribution >= 4 is 58.9 Å². The third kappa shape index (κ3) is 11.9. The Morgan fingerprint density at radius 2 is 1.12 bits per heavy atom. The molecule has 3 N–H and O–H groups in total.